The Hall–Kier alpha value is -0.830. The van der Waals surface area contributed by atoms with Crippen LogP contribution in [0.1, 0.15) is 5.56 Å². The first-order valence-corrected chi connectivity index (χ1v) is 6.98. The van der Waals surface area contributed by atoms with Crippen molar-refractivity contribution in [1.82, 2.24) is 0 Å². The highest BCUT2D eigenvalue weighted by Crippen LogP contribution is 2.03. The van der Waals surface area contributed by atoms with Gasteiger partial charge in [-0.25, -0.2) is 0 Å². The second kappa shape index (κ2) is 10.9. The molecule has 0 amide bonds. The number of alkyl halides is 1. The van der Waals surface area contributed by atoms with Crippen molar-refractivity contribution in [2.24, 2.45) is 0 Å². The minimum absolute atomic E-state index is 0.0258. The van der Waals surface area contributed by atoms with Gasteiger partial charge in [0.15, 0.2) is 6.29 Å². The van der Waals surface area contributed by atoms with Crippen LogP contribution in [-0.2, 0) is 10.1 Å². The summed E-state index contributed by atoms with van der Waals surface area (Å²) in [5, 5.41) is 44.5. The summed E-state index contributed by atoms with van der Waals surface area (Å²) in [7, 11) is 0. The second-order valence-corrected chi connectivity index (χ2v) is 4.54. The summed E-state index contributed by atoms with van der Waals surface area (Å²) in [6, 6.07) is 10.3. The van der Waals surface area contributed by atoms with Crippen LogP contribution in [0.4, 0.5) is 0 Å². The summed E-state index contributed by atoms with van der Waals surface area (Å²) in [6.45, 7) is -0.760. The van der Waals surface area contributed by atoms with Crippen LogP contribution in [0.3, 0.4) is 0 Å². The van der Waals surface area contributed by atoms with E-state index in [1.165, 1.54) is 5.56 Å². The van der Waals surface area contributed by atoms with Gasteiger partial charge in [0.25, 0.3) is 0 Å². The molecule has 20 heavy (non-hydrogen) atoms. The highest BCUT2D eigenvalue weighted by atomic mass is 79.9. The Bertz CT molecular complexity index is 361. The number of hydrogen-bond donors (Lipinski definition) is 5. The lowest BCUT2D eigenvalue weighted by atomic mass is 10.0. The molecule has 0 aliphatic rings. The van der Waals surface area contributed by atoms with Gasteiger partial charge in [0.1, 0.15) is 24.4 Å². The van der Waals surface area contributed by atoms with E-state index in [1.54, 1.807) is 0 Å². The zero-order valence-corrected chi connectivity index (χ0v) is 12.3. The number of aliphatic hydroxyl groups is 5. The Labute approximate surface area is 125 Å². The number of hydrogen-bond acceptors (Lipinski definition) is 6. The van der Waals surface area contributed by atoms with E-state index in [1.807, 2.05) is 18.2 Å². The number of carbonyl (C=O) groups is 1. The van der Waals surface area contributed by atoms with Gasteiger partial charge < -0.3 is 30.3 Å². The van der Waals surface area contributed by atoms with E-state index in [0.29, 0.717) is 0 Å². The minimum atomic E-state index is -1.79. The van der Waals surface area contributed by atoms with E-state index in [0.717, 1.165) is 5.33 Å². The fourth-order valence-corrected chi connectivity index (χ4v) is 1.56. The highest BCUT2D eigenvalue weighted by molar-refractivity contribution is 9.08. The SMILES string of the molecule is BrCc1ccccc1.O=C[C@H](O)[C@@H](O)[C@H](O)[C@H](O)CO. The zero-order valence-electron chi connectivity index (χ0n) is 10.7. The first-order chi connectivity index (χ1) is 9.47. The summed E-state index contributed by atoms with van der Waals surface area (Å²) in [6.07, 6.45) is -6.84. The molecule has 0 unspecified atom stereocenters. The van der Waals surface area contributed by atoms with Gasteiger partial charge in [-0.1, -0.05) is 46.3 Å². The van der Waals surface area contributed by atoms with Gasteiger partial charge in [0, 0.05) is 5.33 Å². The maximum atomic E-state index is 9.90. The number of benzene rings is 1. The molecular weight excluding hydrogens is 332 g/mol. The standard InChI is InChI=1S/C7H7Br.C6H12O6/c8-6-7-4-2-1-3-5-7;7-1-3(9)5(11)6(12)4(10)2-8/h1-5H,6H2;1,3-6,8-12H,2H2/t;3-,4+,5+,6+/m.0/s1. The molecule has 1 rings (SSSR count). The average molecular weight is 351 g/mol. The summed E-state index contributed by atoms with van der Waals surface area (Å²) in [4.78, 5) is 9.90. The molecule has 0 radical (unpaired) electrons. The van der Waals surface area contributed by atoms with Crippen molar-refractivity contribution in [2.75, 3.05) is 6.61 Å². The average Bonchev–Trinajstić information content (AvgIpc) is 2.53. The van der Waals surface area contributed by atoms with Crippen LogP contribution in [0.15, 0.2) is 30.3 Å². The van der Waals surface area contributed by atoms with E-state index >= 15 is 0 Å². The maximum Gasteiger partial charge on any atom is 0.151 e. The molecule has 114 valence electrons. The quantitative estimate of drug-likeness (QED) is 0.338. The van der Waals surface area contributed by atoms with Crippen LogP contribution >= 0.6 is 15.9 Å². The van der Waals surface area contributed by atoms with Crippen LogP contribution in [-0.4, -0.2) is 62.8 Å². The van der Waals surface area contributed by atoms with Gasteiger partial charge in [-0.05, 0) is 5.56 Å². The van der Waals surface area contributed by atoms with Crippen molar-refractivity contribution in [3.63, 3.8) is 0 Å². The number of carbonyl (C=O) groups excluding carboxylic acids is 1. The predicted octanol–water partition coefficient (Wildman–Crippen LogP) is -0.797. The molecule has 0 saturated heterocycles. The van der Waals surface area contributed by atoms with Crippen molar-refractivity contribution in [3.05, 3.63) is 35.9 Å². The Morgan fingerprint density at radius 1 is 1.05 bits per heavy atom. The largest absolute Gasteiger partial charge is 0.394 e. The molecule has 0 aromatic heterocycles. The molecular formula is C13H19BrO6. The van der Waals surface area contributed by atoms with E-state index in [-0.39, 0.29) is 6.29 Å². The van der Waals surface area contributed by atoms with Gasteiger partial charge >= 0.3 is 0 Å². The minimum Gasteiger partial charge on any atom is -0.394 e. The lowest BCUT2D eigenvalue weighted by Crippen LogP contribution is -2.46. The van der Waals surface area contributed by atoms with Crippen molar-refractivity contribution in [3.8, 4) is 0 Å². The predicted molar refractivity (Wildman–Crippen MR) is 76.3 cm³/mol. The molecule has 7 heteroatoms. The van der Waals surface area contributed by atoms with Crippen LogP contribution in [0.2, 0.25) is 0 Å². The number of rotatable bonds is 6. The van der Waals surface area contributed by atoms with Gasteiger partial charge in [-0.3, -0.25) is 0 Å². The second-order valence-electron chi connectivity index (χ2n) is 3.98. The van der Waals surface area contributed by atoms with Crippen LogP contribution < -0.4 is 0 Å². The van der Waals surface area contributed by atoms with Crippen molar-refractivity contribution < 1.29 is 30.3 Å². The van der Waals surface area contributed by atoms with E-state index < -0.39 is 31.0 Å². The molecule has 1 aromatic carbocycles. The fraction of sp³-hybridized carbons (Fsp3) is 0.462. The monoisotopic (exact) mass is 350 g/mol. The summed E-state index contributed by atoms with van der Waals surface area (Å²) < 4.78 is 0. The first kappa shape index (κ1) is 19.2. The van der Waals surface area contributed by atoms with Gasteiger partial charge in [0.2, 0.25) is 0 Å². The Balaban J connectivity index is 0.000000388. The molecule has 0 saturated carbocycles. The molecule has 0 fully saturated rings. The summed E-state index contributed by atoms with van der Waals surface area (Å²) in [5.74, 6) is 0. The first-order valence-electron chi connectivity index (χ1n) is 5.86. The third-order valence-corrected chi connectivity index (χ3v) is 3.07. The van der Waals surface area contributed by atoms with Crippen molar-refractivity contribution in [1.29, 1.82) is 0 Å². The van der Waals surface area contributed by atoms with Crippen LogP contribution in [0.25, 0.3) is 0 Å². The van der Waals surface area contributed by atoms with E-state index in [4.69, 9.17) is 25.5 Å². The van der Waals surface area contributed by atoms with Crippen molar-refractivity contribution >= 4 is 22.2 Å². The molecule has 0 aliphatic carbocycles. The Kier molecular flexibility index (Phi) is 10.4. The number of aliphatic hydroxyl groups excluding tert-OH is 5. The van der Waals surface area contributed by atoms with Gasteiger partial charge in [-0.2, -0.15) is 0 Å². The molecule has 0 spiro atoms. The molecule has 6 nitrogen and oxygen atoms in total. The molecule has 5 N–H and O–H groups in total. The van der Waals surface area contributed by atoms with Crippen molar-refractivity contribution in [2.45, 2.75) is 29.7 Å². The fourth-order valence-electron chi connectivity index (χ4n) is 1.19. The third-order valence-electron chi connectivity index (χ3n) is 2.42. The van der Waals surface area contributed by atoms with E-state index in [2.05, 4.69) is 28.1 Å². The maximum absolute atomic E-state index is 9.90. The molecule has 0 heterocycles. The lowest BCUT2D eigenvalue weighted by Gasteiger charge is -2.22. The van der Waals surface area contributed by atoms with Crippen LogP contribution in [0.5, 0.6) is 0 Å². The summed E-state index contributed by atoms with van der Waals surface area (Å²) >= 11 is 3.36. The smallest absolute Gasteiger partial charge is 0.151 e. The topological polar surface area (TPSA) is 118 Å². The van der Waals surface area contributed by atoms with Crippen LogP contribution in [0, 0.1) is 0 Å². The zero-order chi connectivity index (χ0) is 15.5. The molecule has 1 aromatic rings. The summed E-state index contributed by atoms with van der Waals surface area (Å²) in [5.41, 5.74) is 1.33. The Morgan fingerprint density at radius 2 is 1.60 bits per heavy atom. The number of aldehydes is 1. The molecule has 4 atom stereocenters. The normalized spacial score (nSPS) is 16.3. The third kappa shape index (κ3) is 7.09. The van der Waals surface area contributed by atoms with E-state index in [9.17, 15) is 4.79 Å². The highest BCUT2D eigenvalue weighted by Gasteiger charge is 2.29. The van der Waals surface area contributed by atoms with Gasteiger partial charge in [-0.15, -0.1) is 0 Å². The number of halogens is 1. The molecule has 0 bridgehead atoms. The lowest BCUT2D eigenvalue weighted by molar-refractivity contribution is -0.136. The Morgan fingerprint density at radius 3 is 1.95 bits per heavy atom. The van der Waals surface area contributed by atoms with Gasteiger partial charge in [0.05, 0.1) is 6.61 Å². The molecule has 0 aliphatic heterocycles.